The molecule has 3 rings (SSSR count). The summed E-state index contributed by atoms with van der Waals surface area (Å²) in [5.74, 6) is -0.583. The predicted octanol–water partition coefficient (Wildman–Crippen LogP) is 1.93. The third-order valence-corrected chi connectivity index (χ3v) is 5.08. The number of morpholine rings is 1. The molecule has 0 aliphatic carbocycles. The average Bonchev–Trinajstić information content (AvgIpc) is 3.18. The number of thiazole rings is 1. The molecular weight excluding hydrogens is 352 g/mol. The molecule has 2 amide bonds. The number of carbonyl (C=O) groups is 2. The Morgan fingerprint density at radius 2 is 1.96 bits per heavy atom. The van der Waals surface area contributed by atoms with E-state index in [9.17, 15) is 9.59 Å². The maximum Gasteiger partial charge on any atom is 0.289 e. The fourth-order valence-electron chi connectivity index (χ4n) is 2.69. The number of hydrogen-bond donors (Lipinski definition) is 2. The quantitative estimate of drug-likeness (QED) is 0.782. The molecule has 2 heterocycles. The van der Waals surface area contributed by atoms with Gasteiger partial charge < -0.3 is 9.64 Å². The Balaban J connectivity index is 1.47. The van der Waals surface area contributed by atoms with Gasteiger partial charge in [0.1, 0.15) is 5.69 Å². The first-order valence-corrected chi connectivity index (χ1v) is 9.44. The third-order valence-electron chi connectivity index (χ3n) is 4.18. The lowest BCUT2D eigenvalue weighted by Gasteiger charge is -2.25. The number of hydrogen-bond acceptors (Lipinski definition) is 6. The number of nitrogens with zero attached hydrogens (tertiary/aromatic N) is 2. The van der Waals surface area contributed by atoms with Crippen molar-refractivity contribution in [1.29, 1.82) is 0 Å². The zero-order valence-corrected chi connectivity index (χ0v) is 15.4. The molecular formula is C18H22N4O3S. The highest BCUT2D eigenvalue weighted by Crippen LogP contribution is 2.21. The highest BCUT2D eigenvalue weighted by molar-refractivity contribution is 7.13. The molecule has 1 aromatic carbocycles. The first kappa shape index (κ1) is 18.3. The van der Waals surface area contributed by atoms with Crippen LogP contribution in [-0.2, 0) is 9.53 Å². The first-order chi connectivity index (χ1) is 12.6. The lowest BCUT2D eigenvalue weighted by atomic mass is 9.98. The SMILES string of the molecule is CC(CC(=O)NNC(=O)c1csc(N2CCOCC2)n1)c1ccccc1. The van der Waals surface area contributed by atoms with Crippen molar-refractivity contribution in [2.75, 3.05) is 31.2 Å². The van der Waals surface area contributed by atoms with E-state index in [0.717, 1.165) is 23.8 Å². The summed E-state index contributed by atoms with van der Waals surface area (Å²) in [7, 11) is 0. The average molecular weight is 374 g/mol. The maximum atomic E-state index is 12.2. The summed E-state index contributed by atoms with van der Waals surface area (Å²) < 4.78 is 5.31. The number of hydrazine groups is 1. The van der Waals surface area contributed by atoms with Gasteiger partial charge in [0.25, 0.3) is 5.91 Å². The normalized spacial score (nSPS) is 15.3. The highest BCUT2D eigenvalue weighted by atomic mass is 32.1. The van der Waals surface area contributed by atoms with Gasteiger partial charge >= 0.3 is 0 Å². The summed E-state index contributed by atoms with van der Waals surface area (Å²) in [6, 6.07) is 9.80. The Kier molecular flexibility index (Phi) is 6.19. The maximum absolute atomic E-state index is 12.2. The highest BCUT2D eigenvalue weighted by Gasteiger charge is 2.18. The molecule has 0 saturated carbocycles. The van der Waals surface area contributed by atoms with Gasteiger partial charge in [-0.3, -0.25) is 20.4 Å². The molecule has 0 bridgehead atoms. The van der Waals surface area contributed by atoms with Crippen LogP contribution in [0.5, 0.6) is 0 Å². The molecule has 1 saturated heterocycles. The Bertz CT molecular complexity index is 744. The molecule has 1 atom stereocenters. The van der Waals surface area contributed by atoms with Gasteiger partial charge in [0.15, 0.2) is 5.13 Å². The monoisotopic (exact) mass is 374 g/mol. The van der Waals surface area contributed by atoms with Gasteiger partial charge in [-0.05, 0) is 11.5 Å². The van der Waals surface area contributed by atoms with Gasteiger partial charge in [-0.15, -0.1) is 11.3 Å². The summed E-state index contributed by atoms with van der Waals surface area (Å²) in [5.41, 5.74) is 6.28. The van der Waals surface area contributed by atoms with E-state index in [-0.39, 0.29) is 11.8 Å². The molecule has 0 spiro atoms. The number of aromatic nitrogens is 1. The van der Waals surface area contributed by atoms with E-state index in [1.807, 2.05) is 37.3 Å². The van der Waals surface area contributed by atoms with Crippen molar-refractivity contribution in [3.8, 4) is 0 Å². The zero-order valence-electron chi connectivity index (χ0n) is 14.6. The zero-order chi connectivity index (χ0) is 18.4. The molecule has 1 fully saturated rings. The number of ether oxygens (including phenoxy) is 1. The fraction of sp³-hybridized carbons (Fsp3) is 0.389. The van der Waals surface area contributed by atoms with Crippen LogP contribution in [0, 0.1) is 0 Å². The second kappa shape index (κ2) is 8.77. The van der Waals surface area contributed by atoms with Crippen LogP contribution in [0.3, 0.4) is 0 Å². The summed E-state index contributed by atoms with van der Waals surface area (Å²) in [4.78, 5) is 30.7. The molecule has 26 heavy (non-hydrogen) atoms. The van der Waals surface area contributed by atoms with E-state index in [2.05, 4.69) is 20.7 Å². The Morgan fingerprint density at radius 3 is 2.69 bits per heavy atom. The molecule has 0 radical (unpaired) electrons. The minimum absolute atomic E-state index is 0.0697. The van der Waals surface area contributed by atoms with E-state index in [1.54, 1.807) is 5.38 Å². The lowest BCUT2D eigenvalue weighted by molar-refractivity contribution is -0.122. The van der Waals surface area contributed by atoms with E-state index in [0.29, 0.717) is 25.3 Å². The summed E-state index contributed by atoms with van der Waals surface area (Å²) in [6.07, 6.45) is 0.292. The predicted molar refractivity (Wildman–Crippen MR) is 100 cm³/mol. The third kappa shape index (κ3) is 4.80. The van der Waals surface area contributed by atoms with Crippen molar-refractivity contribution in [2.24, 2.45) is 0 Å². The number of amides is 2. The molecule has 2 aromatic rings. The summed E-state index contributed by atoms with van der Waals surface area (Å²) in [5, 5.41) is 2.49. The Labute approximate surface area is 156 Å². The van der Waals surface area contributed by atoms with Gasteiger partial charge in [-0.1, -0.05) is 37.3 Å². The van der Waals surface area contributed by atoms with Crippen LogP contribution in [-0.4, -0.2) is 43.1 Å². The van der Waals surface area contributed by atoms with Gasteiger partial charge in [-0.25, -0.2) is 4.98 Å². The second-order valence-electron chi connectivity index (χ2n) is 6.13. The minimum atomic E-state index is -0.415. The van der Waals surface area contributed by atoms with Gasteiger partial charge in [0.2, 0.25) is 5.91 Å². The van der Waals surface area contributed by atoms with E-state index >= 15 is 0 Å². The summed E-state index contributed by atoms with van der Waals surface area (Å²) >= 11 is 1.41. The molecule has 138 valence electrons. The van der Waals surface area contributed by atoms with Crippen LogP contribution in [0.15, 0.2) is 35.7 Å². The smallest absolute Gasteiger partial charge is 0.289 e. The molecule has 8 heteroatoms. The van der Waals surface area contributed by atoms with Crippen LogP contribution in [0.25, 0.3) is 0 Å². The number of anilines is 1. The van der Waals surface area contributed by atoms with Gasteiger partial charge in [0.05, 0.1) is 13.2 Å². The Hall–Kier alpha value is -2.45. The van der Waals surface area contributed by atoms with Crippen molar-refractivity contribution < 1.29 is 14.3 Å². The lowest BCUT2D eigenvalue weighted by Crippen LogP contribution is -2.42. The van der Waals surface area contributed by atoms with Crippen molar-refractivity contribution >= 4 is 28.3 Å². The standard InChI is InChI=1S/C18H22N4O3S/c1-13(14-5-3-2-4-6-14)11-16(23)20-21-17(24)15-12-26-18(19-15)22-7-9-25-10-8-22/h2-6,12-13H,7-11H2,1H3,(H,20,23)(H,21,24). The Morgan fingerprint density at radius 1 is 1.23 bits per heavy atom. The van der Waals surface area contributed by atoms with Gasteiger partial charge in [0, 0.05) is 24.9 Å². The number of carbonyl (C=O) groups excluding carboxylic acids is 2. The number of rotatable bonds is 5. The molecule has 7 nitrogen and oxygen atoms in total. The second-order valence-corrected chi connectivity index (χ2v) is 6.97. The largest absolute Gasteiger partial charge is 0.378 e. The summed E-state index contributed by atoms with van der Waals surface area (Å²) in [6.45, 7) is 4.84. The molecule has 1 aliphatic rings. The minimum Gasteiger partial charge on any atom is -0.378 e. The molecule has 1 aliphatic heterocycles. The van der Waals surface area contributed by atoms with Gasteiger partial charge in [-0.2, -0.15) is 0 Å². The van der Waals surface area contributed by atoms with Crippen molar-refractivity contribution in [3.63, 3.8) is 0 Å². The molecule has 2 N–H and O–H groups in total. The van der Waals surface area contributed by atoms with Crippen LogP contribution < -0.4 is 15.8 Å². The van der Waals surface area contributed by atoms with E-state index in [1.165, 1.54) is 11.3 Å². The first-order valence-electron chi connectivity index (χ1n) is 8.56. The van der Waals surface area contributed by atoms with Crippen LogP contribution in [0.2, 0.25) is 0 Å². The topological polar surface area (TPSA) is 83.6 Å². The molecule has 1 aromatic heterocycles. The number of benzene rings is 1. The van der Waals surface area contributed by atoms with Crippen LogP contribution in [0.4, 0.5) is 5.13 Å². The van der Waals surface area contributed by atoms with Crippen molar-refractivity contribution in [1.82, 2.24) is 15.8 Å². The molecule has 1 unspecified atom stereocenters. The van der Waals surface area contributed by atoms with Crippen molar-refractivity contribution in [2.45, 2.75) is 19.3 Å². The van der Waals surface area contributed by atoms with E-state index < -0.39 is 5.91 Å². The fourth-order valence-corrected chi connectivity index (χ4v) is 3.55. The van der Waals surface area contributed by atoms with Crippen LogP contribution in [0.1, 0.15) is 35.3 Å². The number of nitrogens with one attached hydrogen (secondary N) is 2. The van der Waals surface area contributed by atoms with E-state index in [4.69, 9.17) is 4.74 Å². The van der Waals surface area contributed by atoms with Crippen molar-refractivity contribution in [3.05, 3.63) is 47.0 Å². The van der Waals surface area contributed by atoms with Crippen LogP contribution >= 0.6 is 11.3 Å².